The second-order valence-corrected chi connectivity index (χ2v) is 3.77. The van der Waals surface area contributed by atoms with E-state index in [0.717, 1.165) is 11.4 Å². The van der Waals surface area contributed by atoms with Crippen LogP contribution in [0.2, 0.25) is 0 Å². The van der Waals surface area contributed by atoms with Gasteiger partial charge in [0.25, 0.3) is 0 Å². The molecule has 2 unspecified atom stereocenters. The molecule has 4 nitrogen and oxygen atoms in total. The van der Waals surface area contributed by atoms with Crippen LogP contribution < -0.4 is 5.73 Å². The number of pyridine rings is 1. The first-order valence-electron chi connectivity index (χ1n) is 5.06. The lowest BCUT2D eigenvalue weighted by molar-refractivity contribution is 0.0149. The van der Waals surface area contributed by atoms with Crippen LogP contribution in [0.4, 0.5) is 0 Å². The molecule has 15 heavy (non-hydrogen) atoms. The minimum absolute atomic E-state index is 0.362. The summed E-state index contributed by atoms with van der Waals surface area (Å²) in [6.07, 6.45) is -1.30. The quantitative estimate of drug-likeness (QED) is 0.673. The van der Waals surface area contributed by atoms with Gasteiger partial charge in [0.1, 0.15) is 6.10 Å². The SMILES string of the molecule is Cc1cc(C(O)C(O)CCN)cc(C)n1. The highest BCUT2D eigenvalue weighted by atomic mass is 16.3. The van der Waals surface area contributed by atoms with E-state index >= 15 is 0 Å². The zero-order valence-corrected chi connectivity index (χ0v) is 9.14. The van der Waals surface area contributed by atoms with Crippen LogP contribution >= 0.6 is 0 Å². The molecule has 1 rings (SSSR count). The topological polar surface area (TPSA) is 79.4 Å². The summed E-state index contributed by atoms with van der Waals surface area (Å²) >= 11 is 0. The van der Waals surface area contributed by atoms with Gasteiger partial charge in [-0.25, -0.2) is 0 Å². The first kappa shape index (κ1) is 12.1. The molecule has 0 amide bonds. The number of aromatic nitrogens is 1. The summed E-state index contributed by atoms with van der Waals surface area (Å²) in [5.41, 5.74) is 7.69. The lowest BCUT2D eigenvalue weighted by Gasteiger charge is -2.18. The predicted octanol–water partition coefficient (Wildman–Crippen LogP) is 0.442. The maximum atomic E-state index is 9.84. The Morgan fingerprint density at radius 1 is 1.27 bits per heavy atom. The maximum absolute atomic E-state index is 9.84. The Labute approximate surface area is 89.8 Å². The van der Waals surface area contributed by atoms with Gasteiger partial charge in [-0.1, -0.05) is 0 Å². The summed E-state index contributed by atoms with van der Waals surface area (Å²) in [4.78, 5) is 4.20. The fourth-order valence-corrected chi connectivity index (χ4v) is 1.59. The molecule has 2 atom stereocenters. The van der Waals surface area contributed by atoms with Crippen molar-refractivity contribution in [3.63, 3.8) is 0 Å². The molecule has 1 aromatic rings. The van der Waals surface area contributed by atoms with Gasteiger partial charge in [0, 0.05) is 11.4 Å². The Morgan fingerprint density at radius 2 is 1.80 bits per heavy atom. The minimum Gasteiger partial charge on any atom is -0.390 e. The van der Waals surface area contributed by atoms with Gasteiger partial charge in [-0.3, -0.25) is 4.98 Å². The summed E-state index contributed by atoms with van der Waals surface area (Å²) in [5.74, 6) is 0. The van der Waals surface area contributed by atoms with Gasteiger partial charge >= 0.3 is 0 Å². The number of aliphatic hydroxyl groups is 2. The lowest BCUT2D eigenvalue weighted by atomic mass is 10.0. The molecule has 0 radical (unpaired) electrons. The molecule has 0 bridgehead atoms. The summed E-state index contributed by atoms with van der Waals surface area (Å²) in [6, 6.07) is 3.55. The summed E-state index contributed by atoms with van der Waals surface area (Å²) in [6.45, 7) is 4.08. The normalized spacial score (nSPS) is 15.0. The first-order valence-corrected chi connectivity index (χ1v) is 5.06. The molecule has 0 aromatic carbocycles. The summed E-state index contributed by atoms with van der Waals surface area (Å²) < 4.78 is 0. The van der Waals surface area contributed by atoms with Crippen molar-refractivity contribution in [2.75, 3.05) is 6.54 Å². The molecule has 0 spiro atoms. The number of hydrogen-bond acceptors (Lipinski definition) is 4. The van der Waals surface area contributed by atoms with Crippen LogP contribution in [0.1, 0.15) is 29.5 Å². The molecule has 0 fully saturated rings. The standard InChI is InChI=1S/C11H18N2O2/c1-7-5-9(6-8(2)13-7)11(15)10(14)3-4-12/h5-6,10-11,14-15H,3-4,12H2,1-2H3. The predicted molar refractivity (Wildman–Crippen MR) is 58.3 cm³/mol. The Hall–Kier alpha value is -0.970. The largest absolute Gasteiger partial charge is 0.390 e. The van der Waals surface area contributed by atoms with Crippen molar-refractivity contribution in [2.24, 2.45) is 5.73 Å². The second kappa shape index (κ2) is 5.21. The number of hydrogen-bond donors (Lipinski definition) is 3. The van der Waals surface area contributed by atoms with E-state index < -0.39 is 12.2 Å². The van der Waals surface area contributed by atoms with Gasteiger partial charge in [-0.15, -0.1) is 0 Å². The Bertz CT molecular complexity index is 308. The van der Waals surface area contributed by atoms with Crippen molar-refractivity contribution in [1.82, 2.24) is 4.98 Å². The second-order valence-electron chi connectivity index (χ2n) is 3.77. The molecule has 0 saturated heterocycles. The van der Waals surface area contributed by atoms with Crippen LogP contribution in [0.25, 0.3) is 0 Å². The molecule has 0 aliphatic heterocycles. The van der Waals surface area contributed by atoms with Crippen molar-refractivity contribution < 1.29 is 10.2 Å². The molecule has 84 valence electrons. The number of aliphatic hydroxyl groups excluding tert-OH is 2. The molecular weight excluding hydrogens is 192 g/mol. The van der Waals surface area contributed by atoms with Gasteiger partial charge in [-0.05, 0) is 44.5 Å². The van der Waals surface area contributed by atoms with E-state index in [1.54, 1.807) is 12.1 Å². The molecule has 1 aromatic heterocycles. The van der Waals surface area contributed by atoms with E-state index in [1.165, 1.54) is 0 Å². The number of rotatable bonds is 4. The summed E-state index contributed by atoms with van der Waals surface area (Å²) in [5, 5.41) is 19.4. The molecule has 0 saturated carbocycles. The third-order valence-corrected chi connectivity index (χ3v) is 2.27. The Balaban J connectivity index is 2.85. The number of nitrogens with zero attached hydrogens (tertiary/aromatic N) is 1. The van der Waals surface area contributed by atoms with E-state index in [9.17, 15) is 10.2 Å². The Kier molecular flexibility index (Phi) is 4.20. The zero-order chi connectivity index (χ0) is 11.4. The maximum Gasteiger partial charge on any atom is 0.105 e. The lowest BCUT2D eigenvalue weighted by Crippen LogP contribution is -2.22. The fourth-order valence-electron chi connectivity index (χ4n) is 1.59. The first-order chi connectivity index (χ1) is 7.04. The van der Waals surface area contributed by atoms with E-state index in [1.807, 2.05) is 13.8 Å². The Morgan fingerprint density at radius 3 is 2.27 bits per heavy atom. The number of aryl methyl sites for hydroxylation is 2. The van der Waals surface area contributed by atoms with Crippen molar-refractivity contribution in [2.45, 2.75) is 32.5 Å². The van der Waals surface area contributed by atoms with Gasteiger partial charge in [-0.2, -0.15) is 0 Å². The smallest absolute Gasteiger partial charge is 0.105 e. The van der Waals surface area contributed by atoms with Crippen LogP contribution in [0, 0.1) is 13.8 Å². The molecule has 4 N–H and O–H groups in total. The molecule has 0 aliphatic rings. The van der Waals surface area contributed by atoms with Crippen LogP contribution in [-0.2, 0) is 0 Å². The van der Waals surface area contributed by atoms with Crippen molar-refractivity contribution in [3.05, 3.63) is 29.1 Å². The van der Waals surface area contributed by atoms with Crippen LogP contribution in [0.15, 0.2) is 12.1 Å². The van der Waals surface area contributed by atoms with Crippen LogP contribution in [-0.4, -0.2) is 27.8 Å². The van der Waals surface area contributed by atoms with Gasteiger partial charge in [0.05, 0.1) is 6.10 Å². The third kappa shape index (κ3) is 3.27. The van der Waals surface area contributed by atoms with Crippen LogP contribution in [0.3, 0.4) is 0 Å². The van der Waals surface area contributed by atoms with Crippen molar-refractivity contribution >= 4 is 0 Å². The summed E-state index contributed by atoms with van der Waals surface area (Å²) in [7, 11) is 0. The van der Waals surface area contributed by atoms with Gasteiger partial charge in [0.15, 0.2) is 0 Å². The molecule has 1 heterocycles. The monoisotopic (exact) mass is 210 g/mol. The molecular formula is C11H18N2O2. The van der Waals surface area contributed by atoms with E-state index in [4.69, 9.17) is 5.73 Å². The van der Waals surface area contributed by atoms with E-state index in [-0.39, 0.29) is 0 Å². The number of nitrogens with two attached hydrogens (primary N) is 1. The highest BCUT2D eigenvalue weighted by Gasteiger charge is 2.18. The van der Waals surface area contributed by atoms with E-state index in [0.29, 0.717) is 18.5 Å². The van der Waals surface area contributed by atoms with Gasteiger partial charge in [0.2, 0.25) is 0 Å². The fraction of sp³-hybridized carbons (Fsp3) is 0.545. The van der Waals surface area contributed by atoms with Crippen LogP contribution in [0.5, 0.6) is 0 Å². The van der Waals surface area contributed by atoms with Gasteiger partial charge < -0.3 is 15.9 Å². The highest BCUT2D eigenvalue weighted by Crippen LogP contribution is 2.19. The highest BCUT2D eigenvalue weighted by molar-refractivity contribution is 5.23. The van der Waals surface area contributed by atoms with Crippen molar-refractivity contribution in [1.29, 1.82) is 0 Å². The average molecular weight is 210 g/mol. The molecule has 4 heteroatoms. The zero-order valence-electron chi connectivity index (χ0n) is 9.14. The minimum atomic E-state index is -0.881. The van der Waals surface area contributed by atoms with Crippen molar-refractivity contribution in [3.8, 4) is 0 Å². The third-order valence-electron chi connectivity index (χ3n) is 2.27. The van der Waals surface area contributed by atoms with E-state index in [2.05, 4.69) is 4.98 Å². The average Bonchev–Trinajstić information content (AvgIpc) is 2.15. The molecule has 0 aliphatic carbocycles.